The third kappa shape index (κ3) is 11.0. The molecule has 0 radical (unpaired) electrons. The maximum atomic E-state index is 13.1. The number of phosphoric acid groups is 1. The molecule has 304 valence electrons. The zero-order chi connectivity index (χ0) is 39.9. The van der Waals surface area contributed by atoms with Crippen LogP contribution in [0.4, 0.5) is 0 Å². The molecule has 0 aliphatic carbocycles. The lowest BCUT2D eigenvalue weighted by Crippen LogP contribution is -2.44. The average Bonchev–Trinajstić information content (AvgIpc) is 3.64. The first-order chi connectivity index (χ1) is 26.2. The van der Waals surface area contributed by atoms with Gasteiger partial charge in [-0.25, -0.2) is 9.59 Å². The van der Waals surface area contributed by atoms with E-state index in [2.05, 4.69) is 19.9 Å². The molecule has 5 rings (SSSR count). The van der Waals surface area contributed by atoms with Crippen molar-refractivity contribution in [2.75, 3.05) is 40.5 Å². The normalized spacial score (nSPS) is 26.7. The zero-order valence-corrected chi connectivity index (χ0v) is 32.6. The summed E-state index contributed by atoms with van der Waals surface area (Å²) >= 11 is 0. The van der Waals surface area contributed by atoms with Gasteiger partial charge in [-0.15, -0.1) is 0 Å². The first kappa shape index (κ1) is 42.5. The molecule has 2 saturated heterocycles. The van der Waals surface area contributed by atoms with Gasteiger partial charge in [0.15, 0.2) is 12.5 Å². The van der Waals surface area contributed by atoms with E-state index in [0.717, 1.165) is 16.2 Å². The molecule has 20 heteroatoms. The molecule has 2 aliphatic rings. The third-order valence-corrected chi connectivity index (χ3v) is 10.6. The fourth-order valence-corrected chi connectivity index (χ4v) is 8.08. The first-order valence-corrected chi connectivity index (χ1v) is 19.6. The summed E-state index contributed by atoms with van der Waals surface area (Å²) in [5, 5.41) is 0. The summed E-state index contributed by atoms with van der Waals surface area (Å²) in [5.74, 6) is -0.312. The van der Waals surface area contributed by atoms with Gasteiger partial charge >= 0.3 is 11.4 Å². The van der Waals surface area contributed by atoms with E-state index in [4.69, 9.17) is 32.7 Å². The molecule has 1 unspecified atom stereocenters. The van der Waals surface area contributed by atoms with Crippen molar-refractivity contribution >= 4 is 7.82 Å². The van der Waals surface area contributed by atoms with Crippen molar-refractivity contribution in [1.82, 2.24) is 29.0 Å². The number of aromatic amines is 2. The summed E-state index contributed by atoms with van der Waals surface area (Å²) < 4.78 is 56.8. The van der Waals surface area contributed by atoms with Crippen molar-refractivity contribution in [2.24, 2.45) is 5.92 Å². The van der Waals surface area contributed by atoms with Crippen molar-refractivity contribution in [3.05, 3.63) is 96.3 Å². The first-order valence-electron chi connectivity index (χ1n) is 18.1. The molecule has 3 aromatic rings. The number of ether oxygens (including phenoxy) is 5. The molecule has 2 fully saturated rings. The summed E-state index contributed by atoms with van der Waals surface area (Å²) in [6.07, 6.45) is -0.359. The second kappa shape index (κ2) is 19.0. The second-order valence-corrected chi connectivity index (χ2v) is 15.3. The van der Waals surface area contributed by atoms with E-state index in [9.17, 15) is 28.6 Å². The van der Waals surface area contributed by atoms with Gasteiger partial charge in [-0.05, 0) is 64.8 Å². The van der Waals surface area contributed by atoms with Gasteiger partial charge in [0.2, 0.25) is 0 Å². The Balaban J connectivity index is 1.46. The Kier molecular flexibility index (Phi) is 14.7. The standard InChI is InChI=1S/C35H51N6O13P/c1-21(2)50-20-26-24(29(48-5)32(52-26)40-17-11-27(42)37-34(40)44)10-16-39(15-9-23-7-13-36-14-8-23)19-25-30(54-55(46,47)53-22(3)4)31(49-6)33(51-25)41-18-12-28(43)38-35(41)45/h7-8,11-14,17-18,21-22,24-26,29-33H,9-10,15-16,19-20H2,1-6H3,(H,46,47)(H,37,42,44)(H,38,43,45)/p-1/t24-,25-,26-,29-,30-,31-,32-,33-/m1/s1. The van der Waals surface area contributed by atoms with E-state index in [1.54, 1.807) is 26.2 Å². The molecule has 3 aromatic heterocycles. The summed E-state index contributed by atoms with van der Waals surface area (Å²) in [7, 11) is -2.06. The summed E-state index contributed by atoms with van der Waals surface area (Å²) in [6.45, 7) is 8.07. The Morgan fingerprint density at radius 1 is 0.836 bits per heavy atom. The number of hydrogen-bond acceptors (Lipinski definition) is 15. The Morgan fingerprint density at radius 3 is 1.96 bits per heavy atom. The highest BCUT2D eigenvalue weighted by Crippen LogP contribution is 2.47. The molecule has 0 aromatic carbocycles. The number of pyridine rings is 1. The number of rotatable bonds is 19. The molecule has 2 N–H and O–H groups in total. The van der Waals surface area contributed by atoms with Crippen LogP contribution >= 0.6 is 7.82 Å². The highest BCUT2D eigenvalue weighted by Gasteiger charge is 2.50. The summed E-state index contributed by atoms with van der Waals surface area (Å²) in [5.41, 5.74) is -1.59. The fourth-order valence-electron chi connectivity index (χ4n) is 6.96. The van der Waals surface area contributed by atoms with Gasteiger partial charge < -0.3 is 42.5 Å². The van der Waals surface area contributed by atoms with Gasteiger partial charge in [-0.2, -0.15) is 0 Å². The predicted molar refractivity (Wildman–Crippen MR) is 194 cm³/mol. The number of aromatic nitrogens is 5. The number of hydrogen-bond donors (Lipinski definition) is 2. The monoisotopic (exact) mass is 793 g/mol. The number of nitrogens with zero attached hydrogens (tertiary/aromatic N) is 4. The SMILES string of the molecule is CO[C@@H]1[C@H](CCN(CCc2ccncc2)C[C@H]2O[C@@H](n3ccc(=O)[nH]c3=O)[C@H](OC)[C@@H]2OP(=O)([O-])OC(C)C)[C@@H](COC(C)C)O[C@H]1n1ccc(=O)[nH]c1=O. The van der Waals surface area contributed by atoms with Crippen LogP contribution in [0.15, 0.2) is 68.2 Å². The Labute approximate surface area is 317 Å². The van der Waals surface area contributed by atoms with Crippen molar-refractivity contribution in [3.63, 3.8) is 0 Å². The van der Waals surface area contributed by atoms with Gasteiger partial charge in [0.1, 0.15) is 24.4 Å². The topological polar surface area (TPSA) is 231 Å². The molecule has 2 aliphatic heterocycles. The van der Waals surface area contributed by atoms with Crippen molar-refractivity contribution in [1.29, 1.82) is 0 Å². The Bertz CT molecular complexity index is 1970. The fraction of sp³-hybridized carbons (Fsp3) is 0.629. The minimum absolute atomic E-state index is 0.104. The van der Waals surface area contributed by atoms with Crippen molar-refractivity contribution in [2.45, 2.75) is 95.7 Å². The van der Waals surface area contributed by atoms with Crippen molar-refractivity contribution < 1.29 is 42.2 Å². The Morgan fingerprint density at radius 2 is 1.42 bits per heavy atom. The summed E-state index contributed by atoms with van der Waals surface area (Å²) in [6, 6.07) is 6.17. The van der Waals surface area contributed by atoms with Crippen LogP contribution in [0.1, 0.15) is 52.1 Å². The van der Waals surface area contributed by atoms with Crippen molar-refractivity contribution in [3.8, 4) is 0 Å². The highest BCUT2D eigenvalue weighted by molar-refractivity contribution is 7.45. The van der Waals surface area contributed by atoms with E-state index in [0.29, 0.717) is 25.9 Å². The minimum atomic E-state index is -4.92. The Hall–Kier alpha value is -3.62. The highest BCUT2D eigenvalue weighted by atomic mass is 31.2. The molecule has 19 nitrogen and oxygen atoms in total. The van der Waals surface area contributed by atoms with Crippen LogP contribution in [0.25, 0.3) is 0 Å². The van der Waals surface area contributed by atoms with Crippen LogP contribution in [0, 0.1) is 5.92 Å². The molecule has 9 atom stereocenters. The molecular formula is C35H50N6O13P-. The molecule has 5 heterocycles. The third-order valence-electron chi connectivity index (χ3n) is 9.44. The van der Waals surface area contributed by atoms with Crippen LogP contribution < -0.4 is 27.4 Å². The van der Waals surface area contributed by atoms with Crippen LogP contribution in [-0.4, -0.2) is 112 Å². The maximum absolute atomic E-state index is 13.1. The van der Waals surface area contributed by atoms with E-state index < -0.39 is 79.4 Å². The molecule has 0 spiro atoms. The number of phosphoric ester groups is 1. The van der Waals surface area contributed by atoms with E-state index >= 15 is 0 Å². The number of methoxy groups -OCH3 is 2. The number of H-pyrrole nitrogens is 2. The van der Waals surface area contributed by atoms with Gasteiger partial charge in [-0.1, -0.05) is 0 Å². The zero-order valence-electron chi connectivity index (χ0n) is 31.7. The second-order valence-electron chi connectivity index (χ2n) is 14.0. The van der Waals surface area contributed by atoms with E-state index in [-0.39, 0.29) is 25.2 Å². The van der Waals surface area contributed by atoms with Crippen LogP contribution in [-0.2, 0) is 43.7 Å². The molecule has 0 saturated carbocycles. The lowest BCUT2D eigenvalue weighted by molar-refractivity contribution is -0.236. The van der Waals surface area contributed by atoms with Gasteiger partial charge in [-0.3, -0.25) is 38.2 Å². The molecule has 0 amide bonds. The molecule has 0 bridgehead atoms. The summed E-state index contributed by atoms with van der Waals surface area (Å²) in [4.78, 5) is 73.3. The smallest absolute Gasteiger partial charge is 0.330 e. The lowest BCUT2D eigenvalue weighted by Gasteiger charge is -2.34. The van der Waals surface area contributed by atoms with E-state index in [1.165, 1.54) is 37.2 Å². The average molecular weight is 794 g/mol. The number of nitrogens with one attached hydrogen (secondary N) is 2. The quantitative estimate of drug-likeness (QED) is 0.158. The lowest BCUT2D eigenvalue weighted by atomic mass is 9.93. The molecule has 55 heavy (non-hydrogen) atoms. The molecular weight excluding hydrogens is 743 g/mol. The predicted octanol–water partition coefficient (Wildman–Crippen LogP) is 0.561. The largest absolute Gasteiger partial charge is 0.756 e. The van der Waals surface area contributed by atoms with Crippen LogP contribution in [0.2, 0.25) is 0 Å². The van der Waals surface area contributed by atoms with Gasteiger partial charge in [0, 0.05) is 70.1 Å². The maximum Gasteiger partial charge on any atom is 0.330 e. The van der Waals surface area contributed by atoms with Gasteiger partial charge in [0.25, 0.3) is 18.9 Å². The van der Waals surface area contributed by atoms with Gasteiger partial charge in [0.05, 0.1) is 24.9 Å². The van der Waals surface area contributed by atoms with Crippen LogP contribution in [0.5, 0.6) is 0 Å². The minimum Gasteiger partial charge on any atom is -0.756 e. The van der Waals surface area contributed by atoms with E-state index in [1.807, 2.05) is 26.0 Å². The van der Waals surface area contributed by atoms with Crippen LogP contribution in [0.3, 0.4) is 0 Å².